The van der Waals surface area contributed by atoms with Crippen molar-refractivity contribution in [2.75, 3.05) is 13.2 Å². The van der Waals surface area contributed by atoms with Crippen LogP contribution in [0.15, 0.2) is 55.0 Å². The van der Waals surface area contributed by atoms with Crippen molar-refractivity contribution in [2.24, 2.45) is 0 Å². The van der Waals surface area contributed by atoms with E-state index in [-0.39, 0.29) is 35.7 Å². The molecule has 2 aromatic rings. The van der Waals surface area contributed by atoms with Crippen molar-refractivity contribution in [3.05, 3.63) is 71.4 Å². The van der Waals surface area contributed by atoms with E-state index in [1.807, 2.05) is 0 Å². The fourth-order valence-corrected chi connectivity index (χ4v) is 2.04. The fourth-order valence-electron chi connectivity index (χ4n) is 1.92. The molecule has 136 valence electrons. The molecule has 1 heterocycles. The monoisotopic (exact) mass is 377 g/mol. The highest BCUT2D eigenvalue weighted by Gasteiger charge is 2.08. The van der Waals surface area contributed by atoms with E-state index in [2.05, 4.69) is 22.2 Å². The van der Waals surface area contributed by atoms with Gasteiger partial charge in [0.05, 0.1) is 5.02 Å². The van der Waals surface area contributed by atoms with Crippen molar-refractivity contribution >= 4 is 23.4 Å². The molecule has 0 aliphatic carbocycles. The summed E-state index contributed by atoms with van der Waals surface area (Å²) in [5.41, 5.74) is 0.932. The Balaban J connectivity index is 1.66. The Labute approximate surface area is 155 Å². The minimum absolute atomic E-state index is 0.0193. The molecule has 0 unspecified atom stereocenters. The van der Waals surface area contributed by atoms with E-state index >= 15 is 0 Å². The van der Waals surface area contributed by atoms with E-state index in [1.165, 1.54) is 24.5 Å². The molecule has 0 fully saturated rings. The Morgan fingerprint density at radius 1 is 1.23 bits per heavy atom. The number of rotatable bonds is 8. The fraction of sp³-hybridized carbons (Fsp3) is 0.167. The van der Waals surface area contributed by atoms with Gasteiger partial charge in [-0.25, -0.2) is 4.39 Å². The SMILES string of the molecule is C=C(CCNC(=O)COc1ccc(Cl)c(F)c1)NC(=O)c1ccncc1. The van der Waals surface area contributed by atoms with Crippen LogP contribution >= 0.6 is 11.6 Å². The van der Waals surface area contributed by atoms with E-state index in [0.29, 0.717) is 17.7 Å². The first-order valence-corrected chi connectivity index (χ1v) is 8.07. The van der Waals surface area contributed by atoms with Gasteiger partial charge in [0, 0.05) is 42.7 Å². The van der Waals surface area contributed by atoms with Gasteiger partial charge in [-0.1, -0.05) is 18.2 Å². The Hall–Kier alpha value is -2.93. The Morgan fingerprint density at radius 3 is 2.65 bits per heavy atom. The molecular formula is C18H17ClFN3O3. The molecule has 0 saturated carbocycles. The van der Waals surface area contributed by atoms with E-state index in [4.69, 9.17) is 16.3 Å². The number of carbonyl (C=O) groups is 2. The first-order valence-electron chi connectivity index (χ1n) is 7.69. The minimum atomic E-state index is -0.620. The average molecular weight is 378 g/mol. The molecule has 1 aromatic heterocycles. The Bertz CT molecular complexity index is 800. The zero-order valence-electron chi connectivity index (χ0n) is 13.8. The molecule has 0 radical (unpaired) electrons. The van der Waals surface area contributed by atoms with Crippen LogP contribution in [0.3, 0.4) is 0 Å². The van der Waals surface area contributed by atoms with Crippen LogP contribution in [0.2, 0.25) is 5.02 Å². The summed E-state index contributed by atoms with van der Waals surface area (Å²) in [6, 6.07) is 7.09. The molecule has 8 heteroatoms. The Kier molecular flexibility index (Phi) is 7.11. The lowest BCUT2D eigenvalue weighted by Gasteiger charge is -2.10. The summed E-state index contributed by atoms with van der Waals surface area (Å²) in [5.74, 6) is -1.09. The first kappa shape index (κ1) is 19.4. The second-order valence-electron chi connectivity index (χ2n) is 5.26. The zero-order valence-corrected chi connectivity index (χ0v) is 14.6. The van der Waals surface area contributed by atoms with Crippen molar-refractivity contribution in [1.82, 2.24) is 15.6 Å². The topological polar surface area (TPSA) is 80.3 Å². The molecule has 0 bridgehead atoms. The molecule has 0 aliphatic rings. The van der Waals surface area contributed by atoms with E-state index in [0.717, 1.165) is 6.07 Å². The summed E-state index contributed by atoms with van der Waals surface area (Å²) in [6.07, 6.45) is 3.40. The van der Waals surface area contributed by atoms with Gasteiger partial charge in [0.15, 0.2) is 6.61 Å². The third kappa shape index (κ3) is 6.18. The molecule has 26 heavy (non-hydrogen) atoms. The first-order chi connectivity index (χ1) is 12.5. The van der Waals surface area contributed by atoms with Gasteiger partial charge in [-0.2, -0.15) is 0 Å². The van der Waals surface area contributed by atoms with Gasteiger partial charge in [0.1, 0.15) is 11.6 Å². The highest BCUT2D eigenvalue weighted by atomic mass is 35.5. The van der Waals surface area contributed by atoms with Gasteiger partial charge < -0.3 is 15.4 Å². The van der Waals surface area contributed by atoms with Crippen LogP contribution in [0.25, 0.3) is 0 Å². The Morgan fingerprint density at radius 2 is 1.96 bits per heavy atom. The van der Waals surface area contributed by atoms with Gasteiger partial charge in [0.2, 0.25) is 0 Å². The van der Waals surface area contributed by atoms with Crippen molar-refractivity contribution in [1.29, 1.82) is 0 Å². The maximum absolute atomic E-state index is 13.3. The predicted molar refractivity (Wildman–Crippen MR) is 95.4 cm³/mol. The summed E-state index contributed by atoms with van der Waals surface area (Å²) in [6.45, 7) is 3.75. The molecule has 2 rings (SSSR count). The largest absolute Gasteiger partial charge is 0.484 e. The number of aromatic nitrogens is 1. The normalized spacial score (nSPS) is 10.1. The van der Waals surface area contributed by atoms with Crippen LogP contribution in [0.5, 0.6) is 5.75 Å². The van der Waals surface area contributed by atoms with Gasteiger partial charge >= 0.3 is 0 Å². The van der Waals surface area contributed by atoms with Crippen molar-refractivity contribution in [2.45, 2.75) is 6.42 Å². The molecular weight excluding hydrogens is 361 g/mol. The second-order valence-corrected chi connectivity index (χ2v) is 5.67. The summed E-state index contributed by atoms with van der Waals surface area (Å²) in [4.78, 5) is 27.5. The van der Waals surface area contributed by atoms with Gasteiger partial charge in [-0.05, 0) is 24.3 Å². The summed E-state index contributed by atoms with van der Waals surface area (Å²) < 4.78 is 18.4. The van der Waals surface area contributed by atoms with Crippen molar-refractivity contribution in [3.8, 4) is 5.75 Å². The molecule has 0 spiro atoms. The number of ether oxygens (including phenoxy) is 1. The van der Waals surface area contributed by atoms with Gasteiger partial charge in [-0.3, -0.25) is 14.6 Å². The number of pyridine rings is 1. The number of hydrogen-bond acceptors (Lipinski definition) is 4. The second kappa shape index (κ2) is 9.53. The van der Waals surface area contributed by atoms with Gasteiger partial charge in [0.25, 0.3) is 11.8 Å². The maximum atomic E-state index is 13.3. The third-order valence-electron chi connectivity index (χ3n) is 3.24. The molecule has 0 atom stereocenters. The van der Waals surface area contributed by atoms with Gasteiger partial charge in [-0.15, -0.1) is 0 Å². The predicted octanol–water partition coefficient (Wildman–Crippen LogP) is 2.70. The standard InChI is InChI=1S/C18H17ClFN3O3/c1-12(23-18(25)13-5-7-21-8-6-13)4-9-22-17(24)11-26-14-2-3-15(19)16(20)10-14/h2-3,5-8,10H,1,4,9,11H2,(H,22,24)(H,23,25). The summed E-state index contributed by atoms with van der Waals surface area (Å²) in [7, 11) is 0. The molecule has 1 aromatic carbocycles. The maximum Gasteiger partial charge on any atom is 0.257 e. The lowest BCUT2D eigenvalue weighted by Crippen LogP contribution is -2.31. The average Bonchev–Trinajstić information content (AvgIpc) is 2.63. The van der Waals surface area contributed by atoms with Crippen molar-refractivity contribution in [3.63, 3.8) is 0 Å². The molecule has 6 nitrogen and oxygen atoms in total. The highest BCUT2D eigenvalue weighted by molar-refractivity contribution is 6.30. The molecule has 2 amide bonds. The minimum Gasteiger partial charge on any atom is -0.484 e. The van der Waals surface area contributed by atoms with Crippen LogP contribution < -0.4 is 15.4 Å². The number of nitrogens with one attached hydrogen (secondary N) is 2. The van der Waals surface area contributed by atoms with Crippen LogP contribution in [0.4, 0.5) is 4.39 Å². The van der Waals surface area contributed by atoms with Crippen LogP contribution in [0, 0.1) is 5.82 Å². The lowest BCUT2D eigenvalue weighted by molar-refractivity contribution is -0.123. The zero-order chi connectivity index (χ0) is 18.9. The van der Waals surface area contributed by atoms with E-state index in [1.54, 1.807) is 12.1 Å². The number of nitrogens with zero attached hydrogens (tertiary/aromatic N) is 1. The van der Waals surface area contributed by atoms with E-state index < -0.39 is 5.82 Å². The van der Waals surface area contributed by atoms with Crippen LogP contribution in [-0.2, 0) is 4.79 Å². The summed E-state index contributed by atoms with van der Waals surface area (Å²) in [5, 5.41) is 5.24. The number of halogens is 2. The number of carbonyl (C=O) groups excluding carboxylic acids is 2. The smallest absolute Gasteiger partial charge is 0.257 e. The molecule has 0 saturated heterocycles. The highest BCUT2D eigenvalue weighted by Crippen LogP contribution is 2.20. The third-order valence-corrected chi connectivity index (χ3v) is 3.55. The molecule has 2 N–H and O–H groups in total. The summed E-state index contributed by atoms with van der Waals surface area (Å²) >= 11 is 5.57. The lowest BCUT2D eigenvalue weighted by atomic mass is 10.2. The van der Waals surface area contributed by atoms with Crippen LogP contribution in [0.1, 0.15) is 16.8 Å². The number of hydrogen-bond donors (Lipinski definition) is 2. The molecule has 0 aliphatic heterocycles. The number of benzene rings is 1. The van der Waals surface area contributed by atoms with Crippen molar-refractivity contribution < 1.29 is 18.7 Å². The quantitative estimate of drug-likeness (QED) is 0.741. The van der Waals surface area contributed by atoms with Crippen LogP contribution in [-0.4, -0.2) is 29.9 Å². The number of amides is 2. The van der Waals surface area contributed by atoms with E-state index in [9.17, 15) is 14.0 Å².